The lowest BCUT2D eigenvalue weighted by Crippen LogP contribution is -1.97. The summed E-state index contributed by atoms with van der Waals surface area (Å²) in [4.78, 5) is 2.72. The second kappa shape index (κ2) is 5.47. The van der Waals surface area contributed by atoms with Crippen LogP contribution in [-0.2, 0) is 0 Å². The second-order valence-electron chi connectivity index (χ2n) is 3.87. The Balaban J connectivity index is 1.84. The van der Waals surface area contributed by atoms with E-state index < -0.39 is 0 Å². The standard InChI is InChI=1S/C14H10ClN3S/c15-11-5-4-6-12(9-11)18-16-10-14(17-18)19-13-7-2-1-3-8-13/h1-10H. The highest BCUT2D eigenvalue weighted by Crippen LogP contribution is 2.25. The number of aromatic nitrogens is 3. The molecule has 0 atom stereocenters. The lowest BCUT2D eigenvalue weighted by atomic mass is 10.3. The van der Waals surface area contributed by atoms with Crippen LogP contribution < -0.4 is 0 Å². The summed E-state index contributed by atoms with van der Waals surface area (Å²) in [6.07, 6.45) is 1.75. The summed E-state index contributed by atoms with van der Waals surface area (Å²) in [6.45, 7) is 0. The van der Waals surface area contributed by atoms with Crippen molar-refractivity contribution in [3.8, 4) is 5.69 Å². The van der Waals surface area contributed by atoms with Gasteiger partial charge in [0.15, 0.2) is 0 Å². The molecule has 0 N–H and O–H groups in total. The van der Waals surface area contributed by atoms with Crippen LogP contribution in [0.5, 0.6) is 0 Å². The minimum Gasteiger partial charge on any atom is -0.156 e. The topological polar surface area (TPSA) is 30.7 Å². The maximum atomic E-state index is 5.96. The summed E-state index contributed by atoms with van der Waals surface area (Å²) < 4.78 is 0. The molecule has 0 saturated heterocycles. The van der Waals surface area contributed by atoms with Gasteiger partial charge in [-0.1, -0.05) is 47.6 Å². The first kappa shape index (κ1) is 12.3. The second-order valence-corrected chi connectivity index (χ2v) is 5.40. The van der Waals surface area contributed by atoms with Gasteiger partial charge in [-0.25, -0.2) is 0 Å². The predicted octanol–water partition coefficient (Wildman–Crippen LogP) is 4.07. The number of rotatable bonds is 3. The molecule has 3 nitrogen and oxygen atoms in total. The van der Waals surface area contributed by atoms with Gasteiger partial charge < -0.3 is 0 Å². The van der Waals surface area contributed by atoms with E-state index in [2.05, 4.69) is 10.2 Å². The molecule has 0 saturated carbocycles. The molecule has 0 aliphatic rings. The fraction of sp³-hybridized carbons (Fsp3) is 0. The molecule has 5 heteroatoms. The van der Waals surface area contributed by atoms with E-state index >= 15 is 0 Å². The van der Waals surface area contributed by atoms with Crippen LogP contribution in [0.25, 0.3) is 5.69 Å². The smallest absolute Gasteiger partial charge is 0.144 e. The molecule has 1 aromatic heterocycles. The summed E-state index contributed by atoms with van der Waals surface area (Å²) in [5, 5.41) is 10.2. The van der Waals surface area contributed by atoms with E-state index in [1.54, 1.807) is 22.8 Å². The Kier molecular flexibility index (Phi) is 3.53. The van der Waals surface area contributed by atoms with Crippen LogP contribution in [0.2, 0.25) is 5.02 Å². The highest BCUT2D eigenvalue weighted by Gasteiger charge is 2.04. The van der Waals surface area contributed by atoms with Gasteiger partial charge in [0.2, 0.25) is 0 Å². The van der Waals surface area contributed by atoms with Crippen LogP contribution in [0.3, 0.4) is 0 Å². The average molecular weight is 288 g/mol. The van der Waals surface area contributed by atoms with E-state index in [0.29, 0.717) is 5.02 Å². The minimum absolute atomic E-state index is 0.673. The first-order valence-electron chi connectivity index (χ1n) is 5.72. The molecular formula is C14H10ClN3S. The summed E-state index contributed by atoms with van der Waals surface area (Å²) >= 11 is 7.54. The first-order valence-corrected chi connectivity index (χ1v) is 6.92. The Bertz CT molecular complexity index is 682. The summed E-state index contributed by atoms with van der Waals surface area (Å²) in [7, 11) is 0. The SMILES string of the molecule is Clc1cccc(-n2ncc(Sc3ccccc3)n2)c1. The van der Waals surface area contributed by atoms with Crippen LogP contribution in [0.1, 0.15) is 0 Å². The number of hydrogen-bond donors (Lipinski definition) is 0. The van der Waals surface area contributed by atoms with E-state index in [1.165, 1.54) is 0 Å². The molecule has 0 aliphatic heterocycles. The van der Waals surface area contributed by atoms with Crippen molar-refractivity contribution in [2.45, 2.75) is 9.92 Å². The van der Waals surface area contributed by atoms with E-state index in [9.17, 15) is 0 Å². The number of nitrogens with zero attached hydrogens (tertiary/aromatic N) is 3. The zero-order valence-electron chi connectivity index (χ0n) is 9.90. The lowest BCUT2D eigenvalue weighted by Gasteiger charge is -1.99. The maximum absolute atomic E-state index is 5.96. The summed E-state index contributed by atoms with van der Waals surface area (Å²) in [5.41, 5.74) is 0.854. The highest BCUT2D eigenvalue weighted by atomic mass is 35.5. The van der Waals surface area contributed by atoms with Gasteiger partial charge in [0.05, 0.1) is 11.9 Å². The van der Waals surface area contributed by atoms with Gasteiger partial charge in [-0.05, 0) is 30.3 Å². The van der Waals surface area contributed by atoms with Crippen LogP contribution >= 0.6 is 23.4 Å². The molecule has 0 fully saturated rings. The Morgan fingerprint density at radius 3 is 2.63 bits per heavy atom. The van der Waals surface area contributed by atoms with E-state index in [0.717, 1.165) is 15.6 Å². The fourth-order valence-corrected chi connectivity index (χ4v) is 2.57. The van der Waals surface area contributed by atoms with Crippen molar-refractivity contribution in [3.05, 3.63) is 65.8 Å². The van der Waals surface area contributed by atoms with Crippen molar-refractivity contribution in [1.29, 1.82) is 0 Å². The monoisotopic (exact) mass is 287 g/mol. The predicted molar refractivity (Wildman–Crippen MR) is 76.9 cm³/mol. The van der Waals surface area contributed by atoms with Gasteiger partial charge in [0.25, 0.3) is 0 Å². The van der Waals surface area contributed by atoms with Gasteiger partial charge in [0.1, 0.15) is 5.03 Å². The van der Waals surface area contributed by atoms with Crippen molar-refractivity contribution >= 4 is 23.4 Å². The number of benzene rings is 2. The Labute approximate surface area is 120 Å². The molecule has 2 aromatic carbocycles. The first-order chi connectivity index (χ1) is 9.31. The normalized spacial score (nSPS) is 10.6. The Morgan fingerprint density at radius 2 is 1.84 bits per heavy atom. The van der Waals surface area contributed by atoms with Crippen molar-refractivity contribution < 1.29 is 0 Å². The zero-order valence-corrected chi connectivity index (χ0v) is 11.5. The van der Waals surface area contributed by atoms with Crippen LogP contribution in [-0.4, -0.2) is 15.0 Å². The van der Waals surface area contributed by atoms with Crippen LogP contribution in [0.15, 0.2) is 70.7 Å². The van der Waals surface area contributed by atoms with Crippen LogP contribution in [0.4, 0.5) is 0 Å². The van der Waals surface area contributed by atoms with E-state index in [1.807, 2.05) is 54.6 Å². The van der Waals surface area contributed by atoms with Crippen molar-refractivity contribution in [2.75, 3.05) is 0 Å². The Hall–Kier alpha value is -1.78. The molecule has 0 unspecified atom stereocenters. The molecular weight excluding hydrogens is 278 g/mol. The van der Waals surface area contributed by atoms with Crippen LogP contribution in [0, 0.1) is 0 Å². The Morgan fingerprint density at radius 1 is 1.00 bits per heavy atom. The lowest BCUT2D eigenvalue weighted by molar-refractivity contribution is 0.735. The third-order valence-electron chi connectivity index (χ3n) is 2.48. The number of halogens is 1. The highest BCUT2D eigenvalue weighted by molar-refractivity contribution is 7.99. The molecule has 0 radical (unpaired) electrons. The average Bonchev–Trinajstić information content (AvgIpc) is 2.88. The molecule has 3 aromatic rings. The molecule has 19 heavy (non-hydrogen) atoms. The number of hydrogen-bond acceptors (Lipinski definition) is 3. The van der Waals surface area contributed by atoms with Gasteiger partial charge in [-0.15, -0.1) is 5.10 Å². The molecule has 0 amide bonds. The largest absolute Gasteiger partial charge is 0.156 e. The van der Waals surface area contributed by atoms with Gasteiger partial charge in [0, 0.05) is 9.92 Å². The molecule has 0 bridgehead atoms. The van der Waals surface area contributed by atoms with Gasteiger partial charge >= 0.3 is 0 Å². The van der Waals surface area contributed by atoms with Gasteiger partial charge in [-0.3, -0.25) is 0 Å². The van der Waals surface area contributed by atoms with E-state index in [-0.39, 0.29) is 0 Å². The molecule has 3 rings (SSSR count). The molecule has 0 aliphatic carbocycles. The van der Waals surface area contributed by atoms with Gasteiger partial charge in [-0.2, -0.15) is 9.90 Å². The van der Waals surface area contributed by atoms with Crippen molar-refractivity contribution in [2.24, 2.45) is 0 Å². The summed E-state index contributed by atoms with van der Waals surface area (Å²) in [5.74, 6) is 0. The summed E-state index contributed by atoms with van der Waals surface area (Å²) in [6, 6.07) is 17.5. The van der Waals surface area contributed by atoms with Crippen molar-refractivity contribution in [1.82, 2.24) is 15.0 Å². The zero-order chi connectivity index (χ0) is 13.1. The van der Waals surface area contributed by atoms with Crippen molar-refractivity contribution in [3.63, 3.8) is 0 Å². The molecule has 94 valence electrons. The maximum Gasteiger partial charge on any atom is 0.144 e. The third-order valence-corrected chi connectivity index (χ3v) is 3.61. The third kappa shape index (κ3) is 2.97. The quantitative estimate of drug-likeness (QED) is 0.727. The van der Waals surface area contributed by atoms with E-state index in [4.69, 9.17) is 11.6 Å². The molecule has 1 heterocycles. The fourth-order valence-electron chi connectivity index (χ4n) is 1.63. The minimum atomic E-state index is 0.673. The molecule has 0 spiro atoms.